The van der Waals surface area contributed by atoms with E-state index in [4.69, 9.17) is 0 Å². The van der Waals surface area contributed by atoms with Crippen LogP contribution in [0.3, 0.4) is 0 Å². The van der Waals surface area contributed by atoms with E-state index < -0.39 is 0 Å². The third-order valence-corrected chi connectivity index (χ3v) is 2.80. The number of hydrogen-bond acceptors (Lipinski definition) is 3. The molecule has 0 saturated carbocycles. The molecule has 0 unspecified atom stereocenters. The minimum atomic E-state index is -0.206. The molecule has 0 radical (unpaired) electrons. The molecular formula is C12H18FN3. The van der Waals surface area contributed by atoms with E-state index in [1.807, 2.05) is 6.07 Å². The van der Waals surface area contributed by atoms with E-state index >= 15 is 0 Å². The number of anilines is 1. The first-order chi connectivity index (χ1) is 7.84. The Labute approximate surface area is 95.4 Å². The summed E-state index contributed by atoms with van der Waals surface area (Å²) in [4.78, 5) is 0. The average molecular weight is 223 g/mol. The SMILES string of the molecule is Fc1cccc(NCNC[C@H]2CCCN2)c1. The van der Waals surface area contributed by atoms with Crippen LogP contribution in [-0.2, 0) is 0 Å². The van der Waals surface area contributed by atoms with E-state index in [0.717, 1.165) is 18.8 Å². The summed E-state index contributed by atoms with van der Waals surface area (Å²) in [6, 6.07) is 7.10. The van der Waals surface area contributed by atoms with E-state index in [1.165, 1.54) is 25.0 Å². The van der Waals surface area contributed by atoms with Crippen molar-refractivity contribution in [2.24, 2.45) is 0 Å². The topological polar surface area (TPSA) is 36.1 Å². The smallest absolute Gasteiger partial charge is 0.125 e. The molecule has 1 aliphatic rings. The minimum Gasteiger partial charge on any atom is -0.372 e. The normalized spacial score (nSPS) is 19.9. The van der Waals surface area contributed by atoms with Crippen molar-refractivity contribution in [2.45, 2.75) is 18.9 Å². The Morgan fingerprint density at radius 2 is 2.38 bits per heavy atom. The number of benzene rings is 1. The van der Waals surface area contributed by atoms with Crippen molar-refractivity contribution in [1.29, 1.82) is 0 Å². The lowest BCUT2D eigenvalue weighted by molar-refractivity contribution is 0.549. The molecule has 0 bridgehead atoms. The van der Waals surface area contributed by atoms with Gasteiger partial charge >= 0.3 is 0 Å². The van der Waals surface area contributed by atoms with Crippen LogP contribution in [0.1, 0.15) is 12.8 Å². The molecule has 0 aliphatic carbocycles. The Kier molecular flexibility index (Phi) is 4.13. The average Bonchev–Trinajstić information content (AvgIpc) is 2.77. The summed E-state index contributed by atoms with van der Waals surface area (Å²) in [5.41, 5.74) is 0.812. The van der Waals surface area contributed by atoms with Gasteiger partial charge in [0.15, 0.2) is 0 Å². The molecule has 16 heavy (non-hydrogen) atoms. The van der Waals surface area contributed by atoms with Crippen LogP contribution in [0, 0.1) is 5.82 Å². The molecule has 1 aromatic carbocycles. The van der Waals surface area contributed by atoms with Crippen molar-refractivity contribution in [3.05, 3.63) is 30.1 Å². The maximum Gasteiger partial charge on any atom is 0.125 e. The highest BCUT2D eigenvalue weighted by molar-refractivity contribution is 5.42. The van der Waals surface area contributed by atoms with Crippen LogP contribution in [0.25, 0.3) is 0 Å². The minimum absolute atomic E-state index is 0.206. The van der Waals surface area contributed by atoms with Crippen LogP contribution in [0.15, 0.2) is 24.3 Å². The summed E-state index contributed by atoms with van der Waals surface area (Å²) < 4.78 is 12.9. The van der Waals surface area contributed by atoms with Crippen LogP contribution < -0.4 is 16.0 Å². The first kappa shape index (κ1) is 11.4. The molecule has 1 aromatic rings. The van der Waals surface area contributed by atoms with Gasteiger partial charge in [0.05, 0.1) is 6.67 Å². The summed E-state index contributed by atoms with van der Waals surface area (Å²) in [5.74, 6) is -0.206. The van der Waals surface area contributed by atoms with Gasteiger partial charge in [0.2, 0.25) is 0 Å². The van der Waals surface area contributed by atoms with Gasteiger partial charge in [-0.1, -0.05) is 6.07 Å². The Hall–Kier alpha value is -1.13. The van der Waals surface area contributed by atoms with Gasteiger partial charge in [-0.25, -0.2) is 4.39 Å². The maximum absolute atomic E-state index is 12.9. The van der Waals surface area contributed by atoms with E-state index in [-0.39, 0.29) is 5.82 Å². The predicted molar refractivity (Wildman–Crippen MR) is 63.9 cm³/mol. The standard InChI is InChI=1S/C12H18FN3/c13-10-3-1-4-11(7-10)16-9-14-8-12-5-2-6-15-12/h1,3-4,7,12,14-16H,2,5-6,8-9H2/t12-/m1/s1. The second-order valence-corrected chi connectivity index (χ2v) is 4.11. The number of nitrogens with one attached hydrogen (secondary N) is 3. The first-order valence-corrected chi connectivity index (χ1v) is 5.78. The van der Waals surface area contributed by atoms with Gasteiger partial charge in [-0.05, 0) is 37.6 Å². The van der Waals surface area contributed by atoms with Crippen LogP contribution in [0.5, 0.6) is 0 Å². The summed E-state index contributed by atoms with van der Waals surface area (Å²) in [6.07, 6.45) is 2.51. The van der Waals surface area contributed by atoms with Crippen LogP contribution in [-0.4, -0.2) is 25.8 Å². The zero-order chi connectivity index (χ0) is 11.2. The molecule has 88 valence electrons. The summed E-state index contributed by atoms with van der Waals surface area (Å²) in [7, 11) is 0. The van der Waals surface area contributed by atoms with Gasteiger partial charge in [-0.15, -0.1) is 0 Å². The van der Waals surface area contributed by atoms with Gasteiger partial charge in [-0.3, -0.25) is 5.32 Å². The Morgan fingerprint density at radius 3 is 3.12 bits per heavy atom. The zero-order valence-corrected chi connectivity index (χ0v) is 9.30. The van der Waals surface area contributed by atoms with Crippen LogP contribution >= 0.6 is 0 Å². The van der Waals surface area contributed by atoms with Crippen LogP contribution in [0.4, 0.5) is 10.1 Å². The molecule has 4 heteroatoms. The summed E-state index contributed by atoms with van der Waals surface area (Å²) in [6.45, 7) is 2.76. The van der Waals surface area contributed by atoms with E-state index in [2.05, 4.69) is 16.0 Å². The number of rotatable bonds is 5. The lowest BCUT2D eigenvalue weighted by Crippen LogP contribution is -2.36. The van der Waals surface area contributed by atoms with Gasteiger partial charge < -0.3 is 10.6 Å². The van der Waals surface area contributed by atoms with E-state index in [1.54, 1.807) is 6.07 Å². The lowest BCUT2D eigenvalue weighted by Gasteiger charge is -2.12. The van der Waals surface area contributed by atoms with E-state index in [0.29, 0.717) is 12.7 Å². The Morgan fingerprint density at radius 1 is 1.44 bits per heavy atom. The zero-order valence-electron chi connectivity index (χ0n) is 9.30. The maximum atomic E-state index is 12.9. The fourth-order valence-electron chi connectivity index (χ4n) is 1.94. The predicted octanol–water partition coefficient (Wildman–Crippen LogP) is 1.54. The molecule has 1 heterocycles. The van der Waals surface area contributed by atoms with Gasteiger partial charge in [0.1, 0.15) is 5.82 Å². The highest BCUT2D eigenvalue weighted by Gasteiger charge is 2.12. The molecule has 1 atom stereocenters. The third kappa shape index (κ3) is 3.47. The molecule has 0 amide bonds. The fourth-order valence-corrected chi connectivity index (χ4v) is 1.94. The first-order valence-electron chi connectivity index (χ1n) is 5.78. The number of halogens is 1. The monoisotopic (exact) mass is 223 g/mol. The van der Waals surface area contributed by atoms with E-state index in [9.17, 15) is 4.39 Å². The molecular weight excluding hydrogens is 205 g/mol. The number of hydrogen-bond donors (Lipinski definition) is 3. The second-order valence-electron chi connectivity index (χ2n) is 4.11. The van der Waals surface area contributed by atoms with Crippen molar-refractivity contribution in [3.8, 4) is 0 Å². The van der Waals surface area contributed by atoms with Crippen molar-refractivity contribution >= 4 is 5.69 Å². The molecule has 0 aromatic heterocycles. The third-order valence-electron chi connectivity index (χ3n) is 2.80. The highest BCUT2D eigenvalue weighted by atomic mass is 19.1. The highest BCUT2D eigenvalue weighted by Crippen LogP contribution is 2.08. The fraction of sp³-hybridized carbons (Fsp3) is 0.500. The summed E-state index contributed by atoms with van der Waals surface area (Å²) >= 11 is 0. The molecule has 1 fully saturated rings. The van der Waals surface area contributed by atoms with Crippen molar-refractivity contribution in [3.63, 3.8) is 0 Å². The summed E-state index contributed by atoms with van der Waals surface area (Å²) in [5, 5.41) is 9.84. The van der Waals surface area contributed by atoms with Crippen molar-refractivity contribution in [2.75, 3.05) is 25.1 Å². The van der Waals surface area contributed by atoms with Gasteiger partial charge in [0.25, 0.3) is 0 Å². The molecule has 0 spiro atoms. The van der Waals surface area contributed by atoms with Crippen LogP contribution in [0.2, 0.25) is 0 Å². The Balaban J connectivity index is 1.64. The molecule has 3 nitrogen and oxygen atoms in total. The van der Waals surface area contributed by atoms with Crippen molar-refractivity contribution < 1.29 is 4.39 Å². The molecule has 3 N–H and O–H groups in total. The largest absolute Gasteiger partial charge is 0.372 e. The molecule has 2 rings (SSSR count). The Bertz CT molecular complexity index is 324. The molecule has 1 aliphatic heterocycles. The second kappa shape index (κ2) is 5.82. The molecule has 1 saturated heterocycles. The quantitative estimate of drug-likeness (QED) is 0.523. The van der Waals surface area contributed by atoms with Crippen molar-refractivity contribution in [1.82, 2.24) is 10.6 Å². The lowest BCUT2D eigenvalue weighted by atomic mass is 10.2. The van der Waals surface area contributed by atoms with Gasteiger partial charge in [0, 0.05) is 18.3 Å². The van der Waals surface area contributed by atoms with Gasteiger partial charge in [-0.2, -0.15) is 0 Å².